The van der Waals surface area contributed by atoms with Crippen LogP contribution in [-0.4, -0.2) is 25.6 Å². The van der Waals surface area contributed by atoms with E-state index >= 15 is 0 Å². The number of rotatable bonds is 0. The average Bonchev–Trinajstić information content (AvgIpc) is 2.45. The molecule has 0 fully saturated rings. The first-order valence-electron chi connectivity index (χ1n) is 6.30. The largest absolute Gasteiger partial charge is 0.400 e. The number of aliphatic hydroxyl groups is 1. The lowest BCUT2D eigenvalue weighted by molar-refractivity contribution is -0.0979. The highest BCUT2D eigenvalue weighted by atomic mass is 16.2. The minimum atomic E-state index is 1.00. The molecule has 0 aliphatic carbocycles. The molecule has 0 saturated heterocycles. The molecule has 0 bridgehead atoms. The van der Waals surface area contributed by atoms with Crippen molar-refractivity contribution in [3.63, 3.8) is 0 Å². The predicted octanol–water partition coefficient (Wildman–Crippen LogP) is 2.40. The van der Waals surface area contributed by atoms with E-state index in [1.807, 2.05) is 20.6 Å². The normalized spacial score (nSPS) is 11.4. The summed E-state index contributed by atoms with van der Waals surface area (Å²) in [6.45, 7) is 12.6. The van der Waals surface area contributed by atoms with Crippen LogP contribution in [0.4, 0.5) is 0 Å². The summed E-state index contributed by atoms with van der Waals surface area (Å²) in [6.07, 6.45) is 1.19. The predicted molar refractivity (Wildman–Crippen MR) is 77.9 cm³/mol. The lowest BCUT2D eigenvalue weighted by atomic mass is 9.94. The number of carbonyl (C=O) groups is 1. The maximum atomic E-state index is 8.00. The van der Waals surface area contributed by atoms with Gasteiger partial charge in [0.25, 0.3) is 0 Å². The average molecular weight is 253 g/mol. The van der Waals surface area contributed by atoms with Gasteiger partial charge in [0.05, 0.1) is 0 Å². The van der Waals surface area contributed by atoms with Crippen molar-refractivity contribution in [3.05, 3.63) is 34.4 Å². The second kappa shape index (κ2) is 12.3. The van der Waals surface area contributed by atoms with Gasteiger partial charge in [0, 0.05) is 13.7 Å². The van der Waals surface area contributed by atoms with Gasteiger partial charge in [-0.1, -0.05) is 31.5 Å². The summed E-state index contributed by atoms with van der Waals surface area (Å²) < 4.78 is 0. The number of nitrogens with one attached hydrogen (secondary N) is 1. The van der Waals surface area contributed by atoms with Crippen LogP contribution in [0.3, 0.4) is 0 Å². The Morgan fingerprint density at radius 3 is 2.28 bits per heavy atom. The molecule has 1 aromatic carbocycles. The van der Waals surface area contributed by atoms with Crippen LogP contribution in [-0.2, 0) is 17.8 Å². The minimum Gasteiger partial charge on any atom is -0.400 e. The summed E-state index contributed by atoms with van der Waals surface area (Å²) in [6, 6.07) is 4.59. The zero-order valence-corrected chi connectivity index (χ0v) is 12.3. The van der Waals surface area contributed by atoms with Crippen LogP contribution in [0, 0.1) is 13.8 Å². The Morgan fingerprint density at radius 1 is 1.17 bits per heavy atom. The fourth-order valence-electron chi connectivity index (χ4n) is 2.00. The molecule has 0 unspecified atom stereocenters. The summed E-state index contributed by atoms with van der Waals surface area (Å²) >= 11 is 0. The van der Waals surface area contributed by atoms with Crippen LogP contribution in [0.15, 0.2) is 12.1 Å². The lowest BCUT2D eigenvalue weighted by Gasteiger charge is -2.19. The lowest BCUT2D eigenvalue weighted by Crippen LogP contribution is -2.24. The molecule has 1 aliphatic rings. The molecule has 104 valence electrons. The SMILES string of the molecule is C=O.CC.CO.Cc1cc(C)c2c(c1)CCNC2. The summed E-state index contributed by atoms with van der Waals surface area (Å²) in [4.78, 5) is 8.00. The van der Waals surface area contributed by atoms with Crippen molar-refractivity contribution >= 4 is 6.79 Å². The van der Waals surface area contributed by atoms with Crippen LogP contribution >= 0.6 is 0 Å². The van der Waals surface area contributed by atoms with E-state index in [0.29, 0.717) is 0 Å². The van der Waals surface area contributed by atoms with E-state index < -0.39 is 0 Å². The number of hydrogen-bond acceptors (Lipinski definition) is 3. The molecule has 1 aliphatic heterocycles. The van der Waals surface area contributed by atoms with Gasteiger partial charge in [-0.3, -0.25) is 0 Å². The first-order valence-corrected chi connectivity index (χ1v) is 6.30. The number of carbonyl (C=O) groups excluding carboxylic acids is 1. The van der Waals surface area contributed by atoms with E-state index in [2.05, 4.69) is 31.3 Å². The van der Waals surface area contributed by atoms with Gasteiger partial charge in [0.15, 0.2) is 0 Å². The van der Waals surface area contributed by atoms with Gasteiger partial charge >= 0.3 is 0 Å². The Balaban J connectivity index is 0. The van der Waals surface area contributed by atoms with Crippen molar-refractivity contribution in [2.24, 2.45) is 0 Å². The van der Waals surface area contributed by atoms with E-state index in [-0.39, 0.29) is 0 Å². The molecule has 0 radical (unpaired) electrons. The van der Waals surface area contributed by atoms with E-state index in [1.165, 1.54) is 23.1 Å². The van der Waals surface area contributed by atoms with Gasteiger partial charge in [0.1, 0.15) is 6.79 Å². The zero-order chi connectivity index (χ0) is 14.6. The Bertz CT molecular complexity index is 325. The fourth-order valence-corrected chi connectivity index (χ4v) is 2.00. The van der Waals surface area contributed by atoms with Crippen molar-refractivity contribution in [1.29, 1.82) is 0 Å². The quantitative estimate of drug-likeness (QED) is 0.746. The monoisotopic (exact) mass is 253 g/mol. The van der Waals surface area contributed by atoms with Crippen molar-refractivity contribution in [3.8, 4) is 0 Å². The Hall–Kier alpha value is -1.19. The zero-order valence-electron chi connectivity index (χ0n) is 12.3. The van der Waals surface area contributed by atoms with Gasteiger partial charge in [-0.25, -0.2) is 0 Å². The van der Waals surface area contributed by atoms with E-state index in [4.69, 9.17) is 9.90 Å². The highest BCUT2D eigenvalue weighted by molar-refractivity contribution is 5.39. The highest BCUT2D eigenvalue weighted by Gasteiger charge is 2.10. The number of benzene rings is 1. The van der Waals surface area contributed by atoms with E-state index in [0.717, 1.165) is 20.2 Å². The molecule has 0 aromatic heterocycles. The topological polar surface area (TPSA) is 49.3 Å². The smallest absolute Gasteiger partial charge is 0.106 e. The molecule has 3 heteroatoms. The summed E-state index contributed by atoms with van der Waals surface area (Å²) in [5, 5.41) is 10.4. The van der Waals surface area contributed by atoms with Gasteiger partial charge in [-0.05, 0) is 43.5 Å². The molecule has 0 spiro atoms. The molecule has 2 rings (SSSR count). The fraction of sp³-hybridized carbons (Fsp3) is 0.533. The molecule has 0 amide bonds. The minimum absolute atomic E-state index is 1.00. The Morgan fingerprint density at radius 2 is 1.72 bits per heavy atom. The van der Waals surface area contributed by atoms with Crippen LogP contribution in [0.2, 0.25) is 0 Å². The molecular weight excluding hydrogens is 226 g/mol. The number of fused-ring (bicyclic) bond motifs is 1. The molecular formula is C15H27NO2. The van der Waals surface area contributed by atoms with Crippen LogP contribution < -0.4 is 5.32 Å². The second-order valence-electron chi connectivity index (χ2n) is 3.65. The van der Waals surface area contributed by atoms with Gasteiger partial charge in [0.2, 0.25) is 0 Å². The third-order valence-corrected chi connectivity index (χ3v) is 2.58. The molecule has 0 saturated carbocycles. The molecule has 18 heavy (non-hydrogen) atoms. The third-order valence-electron chi connectivity index (χ3n) is 2.58. The summed E-state index contributed by atoms with van der Waals surface area (Å²) in [5.41, 5.74) is 5.91. The van der Waals surface area contributed by atoms with E-state index in [9.17, 15) is 0 Å². The van der Waals surface area contributed by atoms with Gasteiger partial charge in [-0.15, -0.1) is 0 Å². The Kier molecular flexibility index (Phi) is 13.1. The van der Waals surface area contributed by atoms with Gasteiger partial charge in [-0.2, -0.15) is 0 Å². The summed E-state index contributed by atoms with van der Waals surface area (Å²) in [7, 11) is 1.00. The molecule has 1 aromatic rings. The maximum Gasteiger partial charge on any atom is 0.106 e. The van der Waals surface area contributed by atoms with Crippen molar-refractivity contribution in [2.45, 2.75) is 40.7 Å². The number of aryl methyl sites for hydroxylation is 2. The van der Waals surface area contributed by atoms with Crippen molar-refractivity contribution in [2.75, 3.05) is 13.7 Å². The molecule has 1 heterocycles. The number of aliphatic hydroxyl groups excluding tert-OH is 1. The van der Waals surface area contributed by atoms with Crippen LogP contribution in [0.25, 0.3) is 0 Å². The van der Waals surface area contributed by atoms with Crippen molar-refractivity contribution in [1.82, 2.24) is 5.32 Å². The van der Waals surface area contributed by atoms with Crippen LogP contribution in [0.1, 0.15) is 36.1 Å². The first-order chi connectivity index (χ1) is 8.77. The summed E-state index contributed by atoms with van der Waals surface area (Å²) in [5.74, 6) is 0. The second-order valence-corrected chi connectivity index (χ2v) is 3.65. The number of hydrogen-bond donors (Lipinski definition) is 2. The van der Waals surface area contributed by atoms with Crippen molar-refractivity contribution < 1.29 is 9.90 Å². The standard InChI is InChI=1S/C11H15N.C2H6.CH4O.CH2O/c1-8-5-9(2)11-7-12-4-3-10(11)6-8;3*1-2/h5-6,12H,3-4,7H2,1-2H3;1-2H3;2H,1H3;1H2. The highest BCUT2D eigenvalue weighted by Crippen LogP contribution is 2.19. The Labute approximate surface area is 111 Å². The van der Waals surface area contributed by atoms with E-state index in [1.54, 1.807) is 5.56 Å². The molecule has 3 nitrogen and oxygen atoms in total. The third kappa shape index (κ3) is 5.94. The maximum absolute atomic E-state index is 8.00. The first kappa shape index (κ1) is 19.2. The molecule has 2 N–H and O–H groups in total. The molecule has 0 atom stereocenters. The van der Waals surface area contributed by atoms with Gasteiger partial charge < -0.3 is 15.2 Å². The van der Waals surface area contributed by atoms with Crippen LogP contribution in [0.5, 0.6) is 0 Å².